The lowest BCUT2D eigenvalue weighted by atomic mass is 10.1. The minimum Gasteiger partial charge on any atom is -0.276 e. The van der Waals surface area contributed by atoms with Crippen LogP contribution in [0.5, 0.6) is 0 Å². The quantitative estimate of drug-likeness (QED) is 0.541. The molecule has 1 aliphatic carbocycles. The molecule has 2 nitrogen and oxygen atoms in total. The molecular weight excluding hydrogens is 184 g/mol. The van der Waals surface area contributed by atoms with E-state index in [0.717, 1.165) is 18.5 Å². The van der Waals surface area contributed by atoms with Gasteiger partial charge in [0.1, 0.15) is 0 Å². The van der Waals surface area contributed by atoms with Crippen molar-refractivity contribution in [2.75, 3.05) is 4.90 Å². The first kappa shape index (κ1) is 10.0. The third-order valence-electron chi connectivity index (χ3n) is 3.08. The van der Waals surface area contributed by atoms with Crippen LogP contribution >= 0.6 is 0 Å². The smallest absolute Gasteiger partial charge is 0.184 e. The fourth-order valence-electron chi connectivity index (χ4n) is 2.29. The molecule has 1 saturated carbocycles. The van der Waals surface area contributed by atoms with Gasteiger partial charge in [-0.1, -0.05) is 25.0 Å². The van der Waals surface area contributed by atoms with Crippen LogP contribution in [0, 0.1) is 18.4 Å². The first-order chi connectivity index (χ1) is 7.31. The number of rotatable bonds is 2. The molecule has 0 spiro atoms. The Kier molecular flexibility index (Phi) is 2.91. The molecule has 0 aliphatic heterocycles. The summed E-state index contributed by atoms with van der Waals surface area (Å²) in [5.41, 5.74) is 2.26. The van der Waals surface area contributed by atoms with Gasteiger partial charge < -0.3 is 0 Å². The Bertz CT molecular complexity index is 372. The third kappa shape index (κ3) is 2.12. The van der Waals surface area contributed by atoms with Crippen molar-refractivity contribution in [1.82, 2.24) is 0 Å². The Hall–Kier alpha value is -1.49. The summed E-state index contributed by atoms with van der Waals surface area (Å²) in [7, 11) is 0. The number of aryl methyl sites for hydroxylation is 1. The van der Waals surface area contributed by atoms with Crippen LogP contribution in [0.2, 0.25) is 0 Å². The molecule has 1 aliphatic rings. The molecule has 0 unspecified atom stereocenters. The summed E-state index contributed by atoms with van der Waals surface area (Å²) < 4.78 is 0. The van der Waals surface area contributed by atoms with Crippen molar-refractivity contribution in [3.63, 3.8) is 0 Å². The average Bonchev–Trinajstić information content (AvgIpc) is 2.72. The highest BCUT2D eigenvalue weighted by molar-refractivity contribution is 5.53. The van der Waals surface area contributed by atoms with Crippen molar-refractivity contribution in [2.45, 2.75) is 38.6 Å². The lowest BCUT2D eigenvalue weighted by Gasteiger charge is -2.22. The number of hydrogen-bond acceptors (Lipinski definition) is 2. The summed E-state index contributed by atoms with van der Waals surface area (Å²) in [6, 6.07) is 8.62. The Balaban J connectivity index is 2.23. The summed E-state index contributed by atoms with van der Waals surface area (Å²) in [6.07, 6.45) is 7.15. The van der Waals surface area contributed by atoms with Crippen LogP contribution in [0.3, 0.4) is 0 Å². The number of hydrogen-bond donors (Lipinski definition) is 0. The summed E-state index contributed by atoms with van der Waals surface area (Å²) in [5.74, 6) is 0. The third-order valence-corrected chi connectivity index (χ3v) is 3.08. The molecule has 1 aromatic rings. The van der Waals surface area contributed by atoms with Gasteiger partial charge in [0.25, 0.3) is 0 Å². The first-order valence-electron chi connectivity index (χ1n) is 5.57. The highest BCUT2D eigenvalue weighted by Gasteiger charge is 2.22. The van der Waals surface area contributed by atoms with Gasteiger partial charge in [0.05, 0.1) is 5.69 Å². The van der Waals surface area contributed by atoms with Crippen molar-refractivity contribution >= 4 is 5.69 Å². The van der Waals surface area contributed by atoms with Crippen molar-refractivity contribution < 1.29 is 0 Å². The van der Waals surface area contributed by atoms with E-state index in [1.807, 2.05) is 17.0 Å². The van der Waals surface area contributed by atoms with E-state index < -0.39 is 0 Å². The maximum atomic E-state index is 9.21. The van der Waals surface area contributed by atoms with Gasteiger partial charge >= 0.3 is 0 Å². The molecule has 0 radical (unpaired) electrons. The number of anilines is 1. The number of nitriles is 1. The Labute approximate surface area is 91.1 Å². The van der Waals surface area contributed by atoms with E-state index in [2.05, 4.69) is 25.2 Å². The zero-order chi connectivity index (χ0) is 10.7. The molecule has 2 rings (SSSR count). The molecule has 0 heterocycles. The van der Waals surface area contributed by atoms with Crippen molar-refractivity contribution in [3.05, 3.63) is 29.8 Å². The first-order valence-corrected chi connectivity index (χ1v) is 5.57. The van der Waals surface area contributed by atoms with Gasteiger partial charge in [0, 0.05) is 6.04 Å². The standard InChI is InChI=1S/C13H16N2/c1-11-5-4-8-13(9-11)15(10-14)12-6-2-3-7-12/h4-5,8-9,12H,2-3,6-7H2,1H3. The van der Waals surface area contributed by atoms with E-state index in [4.69, 9.17) is 0 Å². The minimum absolute atomic E-state index is 0.428. The summed E-state index contributed by atoms with van der Waals surface area (Å²) in [6.45, 7) is 2.06. The normalized spacial score (nSPS) is 16.3. The Morgan fingerprint density at radius 3 is 2.67 bits per heavy atom. The molecule has 0 bridgehead atoms. The number of benzene rings is 1. The van der Waals surface area contributed by atoms with Gasteiger partial charge in [-0.2, -0.15) is 5.26 Å². The van der Waals surface area contributed by atoms with Crippen molar-refractivity contribution in [1.29, 1.82) is 5.26 Å². The second-order valence-electron chi connectivity index (χ2n) is 4.25. The summed E-state index contributed by atoms with van der Waals surface area (Å²) >= 11 is 0. The van der Waals surface area contributed by atoms with E-state index >= 15 is 0 Å². The molecule has 0 N–H and O–H groups in total. The van der Waals surface area contributed by atoms with Gasteiger partial charge in [-0.05, 0) is 37.5 Å². The molecule has 1 aromatic carbocycles. The van der Waals surface area contributed by atoms with Gasteiger partial charge in [0.15, 0.2) is 6.19 Å². The van der Waals surface area contributed by atoms with Gasteiger partial charge in [-0.3, -0.25) is 4.90 Å². The van der Waals surface area contributed by atoms with Crippen LogP contribution in [-0.4, -0.2) is 6.04 Å². The zero-order valence-electron chi connectivity index (χ0n) is 9.11. The molecule has 78 valence electrons. The second kappa shape index (κ2) is 4.35. The topological polar surface area (TPSA) is 27.0 Å². The Morgan fingerprint density at radius 2 is 2.07 bits per heavy atom. The van der Waals surface area contributed by atoms with E-state index in [1.165, 1.54) is 18.4 Å². The van der Waals surface area contributed by atoms with Gasteiger partial charge in [-0.25, -0.2) is 0 Å². The molecule has 0 saturated heterocycles. The van der Waals surface area contributed by atoms with E-state index in [-0.39, 0.29) is 0 Å². The molecular formula is C13H16N2. The largest absolute Gasteiger partial charge is 0.276 e. The predicted octanol–water partition coefficient (Wildman–Crippen LogP) is 3.23. The van der Waals surface area contributed by atoms with Crippen molar-refractivity contribution in [3.8, 4) is 6.19 Å². The predicted molar refractivity (Wildman–Crippen MR) is 61.5 cm³/mol. The second-order valence-corrected chi connectivity index (χ2v) is 4.25. The van der Waals surface area contributed by atoms with Gasteiger partial charge in [-0.15, -0.1) is 0 Å². The monoisotopic (exact) mass is 200 g/mol. The fourth-order valence-corrected chi connectivity index (χ4v) is 2.29. The van der Waals surface area contributed by atoms with Crippen LogP contribution in [0.15, 0.2) is 24.3 Å². The van der Waals surface area contributed by atoms with E-state index in [9.17, 15) is 5.26 Å². The highest BCUT2D eigenvalue weighted by Crippen LogP contribution is 2.27. The van der Waals surface area contributed by atoms with E-state index in [0.29, 0.717) is 6.04 Å². The van der Waals surface area contributed by atoms with Crippen LogP contribution in [-0.2, 0) is 0 Å². The molecule has 0 amide bonds. The molecule has 0 aromatic heterocycles. The highest BCUT2D eigenvalue weighted by atomic mass is 15.2. The zero-order valence-corrected chi connectivity index (χ0v) is 9.11. The van der Waals surface area contributed by atoms with Crippen molar-refractivity contribution in [2.24, 2.45) is 0 Å². The molecule has 2 heteroatoms. The SMILES string of the molecule is Cc1cccc(N(C#N)C2CCCC2)c1. The lowest BCUT2D eigenvalue weighted by molar-refractivity contribution is 0.679. The fraction of sp³-hybridized carbons (Fsp3) is 0.462. The lowest BCUT2D eigenvalue weighted by Crippen LogP contribution is -2.28. The van der Waals surface area contributed by atoms with Gasteiger partial charge in [0.2, 0.25) is 0 Å². The molecule has 0 atom stereocenters. The maximum Gasteiger partial charge on any atom is 0.184 e. The van der Waals surface area contributed by atoms with Crippen LogP contribution in [0.1, 0.15) is 31.2 Å². The average molecular weight is 200 g/mol. The summed E-state index contributed by atoms with van der Waals surface area (Å²) in [5, 5.41) is 9.21. The molecule has 1 fully saturated rings. The number of nitrogens with zero attached hydrogens (tertiary/aromatic N) is 2. The molecule has 15 heavy (non-hydrogen) atoms. The van der Waals surface area contributed by atoms with Crippen LogP contribution < -0.4 is 4.90 Å². The Morgan fingerprint density at radius 1 is 1.33 bits per heavy atom. The minimum atomic E-state index is 0.428. The van der Waals surface area contributed by atoms with Crippen LogP contribution in [0.25, 0.3) is 0 Å². The summed E-state index contributed by atoms with van der Waals surface area (Å²) in [4.78, 5) is 1.88. The van der Waals surface area contributed by atoms with Crippen LogP contribution in [0.4, 0.5) is 5.69 Å². The van der Waals surface area contributed by atoms with E-state index in [1.54, 1.807) is 0 Å². The maximum absolute atomic E-state index is 9.21.